The summed E-state index contributed by atoms with van der Waals surface area (Å²) >= 11 is 0. The molecule has 3 aromatic heterocycles. The van der Waals surface area contributed by atoms with E-state index in [0.717, 1.165) is 43.1 Å². The summed E-state index contributed by atoms with van der Waals surface area (Å²) in [6, 6.07) is 7.20. The van der Waals surface area contributed by atoms with Crippen LogP contribution < -0.4 is 10.5 Å². The topological polar surface area (TPSA) is 76.8 Å². The van der Waals surface area contributed by atoms with Gasteiger partial charge >= 0.3 is 0 Å². The lowest BCUT2D eigenvalue weighted by Gasteiger charge is -2.32. The molecule has 1 aliphatic carbocycles. The van der Waals surface area contributed by atoms with Gasteiger partial charge < -0.3 is 4.90 Å². The summed E-state index contributed by atoms with van der Waals surface area (Å²) in [4.78, 5) is 27.7. The standard InChI is InChI=1S/C22H24N6O/c29-21-4-3-20(18-5-9-23-10-6-18)26-28(21)15-16-7-11-27(12-8-16)22-24-13-19(14-25-22)17-1-2-17/h3-6,9-10,13-14,16-17H,1-2,7-8,11-12,15H2. The van der Waals surface area contributed by atoms with Gasteiger partial charge in [0.25, 0.3) is 5.56 Å². The molecule has 1 aliphatic heterocycles. The number of aromatic nitrogens is 5. The van der Waals surface area contributed by atoms with Crippen molar-refractivity contribution >= 4 is 5.95 Å². The molecule has 0 unspecified atom stereocenters. The van der Waals surface area contributed by atoms with E-state index in [2.05, 4.69) is 25.0 Å². The van der Waals surface area contributed by atoms with Crippen LogP contribution in [0.15, 0.2) is 53.8 Å². The van der Waals surface area contributed by atoms with Crippen molar-refractivity contribution in [3.63, 3.8) is 0 Å². The minimum absolute atomic E-state index is 0.0516. The van der Waals surface area contributed by atoms with E-state index in [0.29, 0.717) is 18.4 Å². The number of hydrogen-bond acceptors (Lipinski definition) is 6. The fourth-order valence-electron chi connectivity index (χ4n) is 3.94. The van der Waals surface area contributed by atoms with E-state index in [-0.39, 0.29) is 5.56 Å². The van der Waals surface area contributed by atoms with E-state index >= 15 is 0 Å². The SMILES string of the molecule is O=c1ccc(-c2ccncc2)nn1CC1CCN(c2ncc(C3CC3)cn2)CC1. The summed E-state index contributed by atoms with van der Waals surface area (Å²) in [5.41, 5.74) is 2.98. The van der Waals surface area contributed by atoms with Crippen LogP contribution in [0.3, 0.4) is 0 Å². The molecule has 0 aromatic carbocycles. The Hall–Kier alpha value is -3.09. The zero-order chi connectivity index (χ0) is 19.6. The van der Waals surface area contributed by atoms with Crippen molar-refractivity contribution in [2.75, 3.05) is 18.0 Å². The fraction of sp³-hybridized carbons (Fsp3) is 0.409. The van der Waals surface area contributed by atoms with Gasteiger partial charge in [0.15, 0.2) is 0 Å². The Bertz CT molecular complexity index is 1020. The molecule has 2 aliphatic rings. The maximum atomic E-state index is 12.3. The number of nitrogens with zero attached hydrogens (tertiary/aromatic N) is 6. The van der Waals surface area contributed by atoms with E-state index in [1.54, 1.807) is 29.2 Å². The molecule has 3 aromatic rings. The van der Waals surface area contributed by atoms with Crippen molar-refractivity contribution < 1.29 is 0 Å². The number of hydrogen-bond donors (Lipinski definition) is 0. The molecule has 5 rings (SSSR count). The van der Waals surface area contributed by atoms with Crippen LogP contribution >= 0.6 is 0 Å². The molecule has 0 atom stereocenters. The molecule has 2 fully saturated rings. The minimum Gasteiger partial charge on any atom is -0.341 e. The molecule has 1 saturated heterocycles. The highest BCUT2D eigenvalue weighted by Crippen LogP contribution is 2.39. The lowest BCUT2D eigenvalue weighted by atomic mass is 9.97. The molecule has 148 valence electrons. The van der Waals surface area contributed by atoms with Crippen LogP contribution in [-0.2, 0) is 6.54 Å². The highest BCUT2D eigenvalue weighted by molar-refractivity contribution is 5.57. The van der Waals surface area contributed by atoms with E-state index < -0.39 is 0 Å². The van der Waals surface area contributed by atoms with Crippen molar-refractivity contribution in [1.82, 2.24) is 24.7 Å². The van der Waals surface area contributed by atoms with Crippen LogP contribution in [0.4, 0.5) is 5.95 Å². The summed E-state index contributed by atoms with van der Waals surface area (Å²) in [7, 11) is 0. The zero-order valence-electron chi connectivity index (χ0n) is 16.3. The van der Waals surface area contributed by atoms with Crippen LogP contribution in [-0.4, -0.2) is 37.8 Å². The summed E-state index contributed by atoms with van der Waals surface area (Å²) in [5.74, 6) is 1.93. The lowest BCUT2D eigenvalue weighted by Crippen LogP contribution is -2.37. The number of rotatable bonds is 5. The third-order valence-corrected chi connectivity index (χ3v) is 5.88. The van der Waals surface area contributed by atoms with E-state index in [1.165, 1.54) is 18.4 Å². The van der Waals surface area contributed by atoms with Crippen LogP contribution in [0, 0.1) is 5.92 Å². The Morgan fingerprint density at radius 2 is 1.66 bits per heavy atom. The quantitative estimate of drug-likeness (QED) is 0.669. The van der Waals surface area contributed by atoms with Gasteiger partial charge in [0.2, 0.25) is 5.95 Å². The molecule has 7 nitrogen and oxygen atoms in total. The molecule has 0 bridgehead atoms. The van der Waals surface area contributed by atoms with Gasteiger partial charge in [-0.15, -0.1) is 0 Å². The zero-order valence-corrected chi connectivity index (χ0v) is 16.3. The first-order valence-electron chi connectivity index (χ1n) is 10.3. The molecule has 0 radical (unpaired) electrons. The smallest absolute Gasteiger partial charge is 0.266 e. The van der Waals surface area contributed by atoms with Crippen LogP contribution in [0.5, 0.6) is 0 Å². The molecule has 7 heteroatoms. The second-order valence-electron chi connectivity index (χ2n) is 8.00. The first-order valence-corrected chi connectivity index (χ1v) is 10.3. The van der Waals surface area contributed by atoms with Gasteiger partial charge in [0.1, 0.15) is 0 Å². The fourth-order valence-corrected chi connectivity index (χ4v) is 3.94. The minimum atomic E-state index is -0.0516. The van der Waals surface area contributed by atoms with Crippen molar-refractivity contribution in [2.24, 2.45) is 5.92 Å². The van der Waals surface area contributed by atoms with Crippen LogP contribution in [0.2, 0.25) is 0 Å². The van der Waals surface area contributed by atoms with Crippen molar-refractivity contribution in [2.45, 2.75) is 38.1 Å². The number of anilines is 1. The molecular formula is C22H24N6O. The Morgan fingerprint density at radius 3 is 2.34 bits per heavy atom. The van der Waals surface area contributed by atoms with Gasteiger partial charge in [-0.1, -0.05) is 0 Å². The largest absolute Gasteiger partial charge is 0.341 e. The summed E-state index contributed by atoms with van der Waals surface area (Å²) < 4.78 is 1.61. The Morgan fingerprint density at radius 1 is 0.931 bits per heavy atom. The van der Waals surface area contributed by atoms with Gasteiger partial charge in [-0.3, -0.25) is 9.78 Å². The van der Waals surface area contributed by atoms with Crippen molar-refractivity contribution in [1.29, 1.82) is 0 Å². The first-order chi connectivity index (χ1) is 14.3. The van der Waals surface area contributed by atoms with E-state index in [1.807, 2.05) is 24.5 Å². The maximum absolute atomic E-state index is 12.3. The Kier molecular flexibility index (Phi) is 4.79. The summed E-state index contributed by atoms with van der Waals surface area (Å²) in [6.45, 7) is 2.46. The van der Waals surface area contributed by atoms with Gasteiger partial charge in [-0.25, -0.2) is 14.6 Å². The lowest BCUT2D eigenvalue weighted by molar-refractivity contribution is 0.334. The summed E-state index contributed by atoms with van der Waals surface area (Å²) in [5, 5.41) is 4.58. The predicted octanol–water partition coefficient (Wildman–Crippen LogP) is 2.89. The van der Waals surface area contributed by atoms with Crippen molar-refractivity contribution in [3.05, 3.63) is 65.0 Å². The molecule has 4 heterocycles. The van der Waals surface area contributed by atoms with Gasteiger partial charge in [0, 0.05) is 56.1 Å². The molecule has 0 spiro atoms. The molecule has 1 saturated carbocycles. The van der Waals surface area contributed by atoms with Crippen LogP contribution in [0.25, 0.3) is 11.3 Å². The molecule has 0 N–H and O–H groups in total. The highest BCUT2D eigenvalue weighted by Gasteiger charge is 2.25. The van der Waals surface area contributed by atoms with E-state index in [9.17, 15) is 4.79 Å². The van der Waals surface area contributed by atoms with Crippen molar-refractivity contribution in [3.8, 4) is 11.3 Å². The number of pyridine rings is 1. The molecule has 0 amide bonds. The Balaban J connectivity index is 1.23. The molecular weight excluding hydrogens is 364 g/mol. The van der Waals surface area contributed by atoms with Gasteiger partial charge in [-0.2, -0.15) is 5.10 Å². The Labute approximate surface area is 169 Å². The number of piperidine rings is 1. The molecule has 29 heavy (non-hydrogen) atoms. The maximum Gasteiger partial charge on any atom is 0.266 e. The average Bonchev–Trinajstić information content (AvgIpc) is 3.62. The normalized spacial score (nSPS) is 17.4. The second-order valence-corrected chi connectivity index (χ2v) is 8.00. The van der Waals surface area contributed by atoms with Crippen LogP contribution in [0.1, 0.15) is 37.2 Å². The predicted molar refractivity (Wildman–Crippen MR) is 111 cm³/mol. The third-order valence-electron chi connectivity index (χ3n) is 5.88. The average molecular weight is 388 g/mol. The highest BCUT2D eigenvalue weighted by atomic mass is 16.1. The van der Waals surface area contributed by atoms with E-state index in [4.69, 9.17) is 0 Å². The van der Waals surface area contributed by atoms with Gasteiger partial charge in [0.05, 0.1) is 5.69 Å². The monoisotopic (exact) mass is 388 g/mol. The third kappa shape index (κ3) is 4.04. The first kappa shape index (κ1) is 18.0. The summed E-state index contributed by atoms with van der Waals surface area (Å²) in [6.07, 6.45) is 12.0. The second kappa shape index (κ2) is 7.73. The van der Waals surface area contributed by atoms with Gasteiger partial charge in [-0.05, 0) is 61.3 Å².